The number of nitrogens with one attached hydrogen (secondary N) is 9. The van der Waals surface area contributed by atoms with Gasteiger partial charge in [0.25, 0.3) is 5.91 Å². The highest BCUT2D eigenvalue weighted by Gasteiger charge is 2.40. The minimum absolute atomic E-state index is 0.0352. The zero-order valence-electron chi connectivity index (χ0n) is 50.9. The SMILES string of the molecule is C/C=C1/NC(=O)C([C@H](C)O)NC(=O)[C@H](CCN)NC(=O)C([C@H](O)C(=O)O)NC(=O)C(CCCCN)NC(=O)[C@H](CC(=O)O)NC(=O)C(CCN)NC(=O)C(NC(=O)C[C@H](O)Cc2cccc(OCCCCCCCCCC)c2)COC(=O)C([C@H](O)CCl)NC1=O. The summed E-state index contributed by atoms with van der Waals surface area (Å²) in [6, 6.07) is -9.37. The number of ether oxygens (including phenoxy) is 2. The highest BCUT2D eigenvalue weighted by Crippen LogP contribution is 2.18. The Labute approximate surface area is 526 Å². The van der Waals surface area contributed by atoms with Crippen LogP contribution in [0.4, 0.5) is 0 Å². The molecule has 506 valence electrons. The number of carbonyl (C=O) groups excluding carboxylic acids is 10. The number of rotatable bonds is 30. The fraction of sp³-hybridized carbons (Fsp3) is 0.649. The number of aliphatic hydroxyl groups excluding tert-OH is 4. The van der Waals surface area contributed by atoms with E-state index in [0.717, 1.165) is 45.1 Å². The van der Waals surface area contributed by atoms with Crippen LogP contribution in [0.25, 0.3) is 0 Å². The number of nitrogens with two attached hydrogens (primary N) is 3. The van der Waals surface area contributed by atoms with Crippen LogP contribution in [0.3, 0.4) is 0 Å². The highest BCUT2D eigenvalue weighted by atomic mass is 35.5. The molecule has 12 atom stereocenters. The van der Waals surface area contributed by atoms with Gasteiger partial charge in [-0.1, -0.05) is 70.1 Å². The molecule has 1 fully saturated rings. The Morgan fingerprint density at radius 3 is 1.80 bits per heavy atom. The Bertz CT molecular complexity index is 2580. The van der Waals surface area contributed by atoms with Crippen molar-refractivity contribution in [3.63, 3.8) is 0 Å². The van der Waals surface area contributed by atoms with Gasteiger partial charge in [0.1, 0.15) is 60.3 Å². The van der Waals surface area contributed by atoms with Crippen molar-refractivity contribution in [1.29, 1.82) is 0 Å². The predicted octanol–water partition coefficient (Wildman–Crippen LogP) is -4.32. The molecular weight excluding hydrogens is 1210 g/mol. The quantitative estimate of drug-likeness (QED) is 0.0150. The van der Waals surface area contributed by atoms with Crippen LogP contribution >= 0.6 is 11.6 Å². The second kappa shape index (κ2) is 42.4. The number of alkyl halides is 1. The van der Waals surface area contributed by atoms with Crippen LogP contribution < -0.4 is 69.8 Å². The number of halogens is 1. The molecule has 0 spiro atoms. The number of cyclic esters (lactones) is 1. The smallest absolute Gasteiger partial charge is 0.335 e. The number of amides is 9. The number of carboxylic acid groups (broad SMARTS) is 2. The molecule has 33 heteroatoms. The van der Waals surface area contributed by atoms with Crippen molar-refractivity contribution in [2.45, 2.75) is 196 Å². The Balaban J connectivity index is 2.72. The fourth-order valence-electron chi connectivity index (χ4n) is 8.97. The minimum atomic E-state index is -2.78. The van der Waals surface area contributed by atoms with E-state index in [1.54, 1.807) is 24.3 Å². The molecule has 90 heavy (non-hydrogen) atoms. The average molecular weight is 1300 g/mol. The van der Waals surface area contributed by atoms with Gasteiger partial charge in [-0.2, -0.15) is 0 Å². The lowest BCUT2D eigenvalue weighted by Crippen LogP contribution is -2.63. The van der Waals surface area contributed by atoms with Crippen LogP contribution in [0.15, 0.2) is 36.0 Å². The Kier molecular flexibility index (Phi) is 37.0. The van der Waals surface area contributed by atoms with Crippen LogP contribution in [0.2, 0.25) is 0 Å². The number of esters is 1. The number of carboxylic acids is 2. The third-order valence-corrected chi connectivity index (χ3v) is 14.3. The van der Waals surface area contributed by atoms with Crippen molar-refractivity contribution in [1.82, 2.24) is 47.9 Å². The van der Waals surface area contributed by atoms with Crippen molar-refractivity contribution in [3.8, 4) is 5.75 Å². The molecule has 2 rings (SSSR count). The maximum absolute atomic E-state index is 14.3. The van der Waals surface area contributed by atoms with E-state index in [1.807, 2.05) is 5.32 Å². The first-order valence-electron chi connectivity index (χ1n) is 29.9. The number of allylic oxidation sites excluding steroid dienone is 1. The summed E-state index contributed by atoms with van der Waals surface area (Å²) in [6.45, 7) is 2.98. The number of aliphatic carboxylic acids is 2. The standard InChI is InChI=1S/C57H91ClN12O20/c1-4-6-7-8-9-10-11-14-24-89-34-17-15-16-32(26-34)25-33(72)27-42(74)62-40-30-90-57(88)45(41(73)29-58)69-48(78)35(5-2)63-54(84)44(31(3)71)68-51(81)38(20-23-61)66-55(85)46(47(77)56(86)87)70-50(80)36(18-12-13-21-59)64-52(82)39(28-43(75)76)67-49(79)37(19-22-60)65-53(40)83/h5,15-17,26,31,33,36-41,44-47,71-73,77H,4,6-14,18-25,27-30,59-61H2,1-3H3,(H,62,74)(H,63,84)(H,64,82)(H,65,83)(H,66,85)(H,67,79)(H,68,81)(H,69,78)(H,70,80)(H,75,76)(H,86,87)/b35-5+/t31-,33+,36?,37?,38-,39-,40?,41+,44?,45?,46?,47-/m0/s1. The lowest BCUT2D eigenvalue weighted by molar-refractivity contribution is -0.153. The van der Waals surface area contributed by atoms with E-state index in [2.05, 4.69) is 49.5 Å². The first kappa shape index (κ1) is 78.5. The van der Waals surface area contributed by atoms with Gasteiger partial charge in [-0.15, -0.1) is 11.6 Å². The Morgan fingerprint density at radius 1 is 0.678 bits per heavy atom. The molecule has 0 bridgehead atoms. The minimum Gasteiger partial charge on any atom is -0.494 e. The number of hydrogen-bond acceptors (Lipinski definition) is 21. The molecule has 1 saturated heterocycles. The van der Waals surface area contributed by atoms with Gasteiger partial charge in [0, 0.05) is 0 Å². The summed E-state index contributed by atoms with van der Waals surface area (Å²) in [5.74, 6) is -17.4. The fourth-order valence-corrected chi connectivity index (χ4v) is 9.15. The zero-order valence-corrected chi connectivity index (χ0v) is 51.6. The summed E-state index contributed by atoms with van der Waals surface area (Å²) in [4.78, 5) is 164. The zero-order chi connectivity index (χ0) is 67.5. The maximum Gasteiger partial charge on any atom is 0.335 e. The van der Waals surface area contributed by atoms with E-state index in [-0.39, 0.29) is 38.8 Å². The summed E-state index contributed by atoms with van der Waals surface area (Å²) in [6.07, 6.45) is -1.24. The van der Waals surface area contributed by atoms with Crippen LogP contribution in [0, 0.1) is 0 Å². The van der Waals surface area contributed by atoms with Crippen molar-refractivity contribution < 1.29 is 97.6 Å². The van der Waals surface area contributed by atoms with Crippen molar-refractivity contribution in [3.05, 3.63) is 41.6 Å². The molecule has 32 nitrogen and oxygen atoms in total. The molecule has 1 aliphatic heterocycles. The highest BCUT2D eigenvalue weighted by molar-refractivity contribution is 6.18. The van der Waals surface area contributed by atoms with Crippen molar-refractivity contribution >= 4 is 82.7 Å². The summed E-state index contributed by atoms with van der Waals surface area (Å²) in [5.41, 5.74) is 17.1. The van der Waals surface area contributed by atoms with E-state index in [1.165, 1.54) is 26.2 Å². The molecule has 0 saturated carbocycles. The van der Waals surface area contributed by atoms with Crippen molar-refractivity contribution in [2.24, 2.45) is 17.2 Å². The van der Waals surface area contributed by atoms with Gasteiger partial charge in [-0.05, 0) is 96.1 Å². The second-order valence-corrected chi connectivity index (χ2v) is 21.7. The van der Waals surface area contributed by atoms with Gasteiger partial charge in [0.2, 0.25) is 47.3 Å². The van der Waals surface area contributed by atoms with Gasteiger partial charge in [-0.3, -0.25) is 47.9 Å². The number of carbonyl (C=O) groups is 12. The summed E-state index contributed by atoms with van der Waals surface area (Å²) in [5, 5.41) is 82.8. The van der Waals surface area contributed by atoms with E-state index in [9.17, 15) is 88.2 Å². The van der Waals surface area contributed by atoms with Crippen LogP contribution in [0.5, 0.6) is 5.75 Å². The monoisotopic (exact) mass is 1300 g/mol. The molecular formula is C57H91ClN12O20. The number of aliphatic hydroxyl groups is 4. The average Bonchev–Trinajstić information content (AvgIpc) is 1.88. The van der Waals surface area contributed by atoms with Crippen LogP contribution in [-0.4, -0.2) is 213 Å². The van der Waals surface area contributed by atoms with Gasteiger partial charge >= 0.3 is 17.9 Å². The van der Waals surface area contributed by atoms with Crippen LogP contribution in [-0.2, 0) is 68.7 Å². The third-order valence-electron chi connectivity index (χ3n) is 14.0. The van der Waals surface area contributed by atoms with E-state index < -0.39 is 194 Å². The number of hydrogen-bond donors (Lipinski definition) is 18. The molecule has 0 aromatic heterocycles. The summed E-state index contributed by atoms with van der Waals surface area (Å²) >= 11 is 5.92. The van der Waals surface area contributed by atoms with E-state index >= 15 is 0 Å². The first-order chi connectivity index (χ1) is 42.7. The topological polar surface area (TPSA) is 531 Å². The maximum atomic E-state index is 14.3. The second-order valence-electron chi connectivity index (χ2n) is 21.4. The molecule has 1 aromatic carbocycles. The summed E-state index contributed by atoms with van der Waals surface area (Å²) in [7, 11) is 0. The molecule has 1 heterocycles. The lowest BCUT2D eigenvalue weighted by atomic mass is 10.0. The van der Waals surface area contributed by atoms with Gasteiger partial charge in [-0.25, -0.2) is 9.59 Å². The normalized spacial score (nSPS) is 23.5. The van der Waals surface area contributed by atoms with Crippen LogP contribution in [0.1, 0.15) is 123 Å². The van der Waals surface area contributed by atoms with Crippen molar-refractivity contribution in [2.75, 3.05) is 38.7 Å². The molecule has 9 amide bonds. The predicted molar refractivity (Wildman–Crippen MR) is 322 cm³/mol. The Morgan fingerprint density at radius 2 is 1.23 bits per heavy atom. The molecule has 0 radical (unpaired) electrons. The van der Waals surface area contributed by atoms with Gasteiger partial charge in [0.15, 0.2) is 12.1 Å². The number of unbranched alkanes of at least 4 members (excludes halogenated alkanes) is 8. The van der Waals surface area contributed by atoms with Gasteiger partial charge < -0.3 is 105 Å². The van der Waals surface area contributed by atoms with E-state index in [4.69, 9.17) is 38.3 Å². The van der Waals surface area contributed by atoms with Gasteiger partial charge in [0.05, 0.1) is 43.6 Å². The molecule has 1 aliphatic rings. The third kappa shape index (κ3) is 28.5. The Hall–Kier alpha value is -7.59. The molecule has 1 aromatic rings. The summed E-state index contributed by atoms with van der Waals surface area (Å²) < 4.78 is 11.3. The first-order valence-corrected chi connectivity index (χ1v) is 30.4. The largest absolute Gasteiger partial charge is 0.494 e. The van der Waals surface area contributed by atoms with E-state index in [0.29, 0.717) is 17.9 Å². The molecule has 6 unspecified atom stereocenters. The number of benzene rings is 1. The lowest BCUT2D eigenvalue weighted by Gasteiger charge is -2.29. The molecule has 21 N–H and O–H groups in total. The molecule has 0 aliphatic carbocycles.